The lowest BCUT2D eigenvalue weighted by Gasteiger charge is -2.44. The van der Waals surface area contributed by atoms with Crippen LogP contribution in [0.4, 0.5) is 5.69 Å². The van der Waals surface area contributed by atoms with E-state index in [0.717, 1.165) is 5.69 Å². The molecule has 0 radical (unpaired) electrons. The maximum Gasteiger partial charge on any atom is 0.134 e. The first-order chi connectivity index (χ1) is 9.77. The largest absolute Gasteiger partial charge is 0.358 e. The number of nitrogens with one attached hydrogen (secondary N) is 1. The average Bonchev–Trinajstić information content (AvgIpc) is 2.36. The minimum atomic E-state index is -0.346. The van der Waals surface area contributed by atoms with Crippen LogP contribution < -0.4 is 5.32 Å². The molecule has 1 heterocycles. The van der Waals surface area contributed by atoms with Gasteiger partial charge in [0.05, 0.1) is 5.60 Å². The molecule has 0 atom stereocenters. The van der Waals surface area contributed by atoms with Gasteiger partial charge in [-0.1, -0.05) is 35.9 Å². The highest BCUT2D eigenvalue weighted by atomic mass is 16.5. The van der Waals surface area contributed by atoms with Crippen LogP contribution >= 0.6 is 0 Å². The number of fused-ring (bicyclic) bond motifs is 1. The van der Waals surface area contributed by atoms with Crippen LogP contribution in [0.3, 0.4) is 0 Å². The highest BCUT2D eigenvalue weighted by Gasteiger charge is 2.37. The molecule has 0 amide bonds. The Morgan fingerprint density at radius 2 is 1.62 bits per heavy atom. The highest BCUT2D eigenvalue weighted by Crippen LogP contribution is 2.42. The van der Waals surface area contributed by atoms with Crippen LogP contribution in [-0.2, 0) is 10.3 Å². The zero-order chi connectivity index (χ0) is 15.3. The fraction of sp³-hybridized carbons (Fsp3) is 0.368. The van der Waals surface area contributed by atoms with Gasteiger partial charge in [-0.2, -0.15) is 0 Å². The van der Waals surface area contributed by atoms with E-state index in [1.165, 1.54) is 22.3 Å². The van der Waals surface area contributed by atoms with Gasteiger partial charge in [-0.25, -0.2) is 0 Å². The third-order valence-corrected chi connectivity index (χ3v) is 3.97. The second-order valence-corrected chi connectivity index (χ2v) is 6.88. The predicted octanol–water partition coefficient (Wildman–Crippen LogP) is 5.08. The Bertz CT molecular complexity index is 686. The van der Waals surface area contributed by atoms with Gasteiger partial charge in [0.1, 0.15) is 5.72 Å². The molecule has 1 aliphatic rings. The first-order valence-electron chi connectivity index (χ1n) is 7.47. The van der Waals surface area contributed by atoms with Gasteiger partial charge < -0.3 is 10.1 Å². The van der Waals surface area contributed by atoms with Crippen molar-refractivity contribution in [3.63, 3.8) is 0 Å². The molecule has 0 aromatic heterocycles. The normalized spacial score (nSPS) is 18.7. The molecule has 0 aliphatic carbocycles. The molecule has 0 saturated carbocycles. The van der Waals surface area contributed by atoms with E-state index in [0.29, 0.717) is 0 Å². The topological polar surface area (TPSA) is 21.3 Å². The van der Waals surface area contributed by atoms with Gasteiger partial charge in [-0.15, -0.1) is 0 Å². The van der Waals surface area contributed by atoms with E-state index < -0.39 is 0 Å². The van der Waals surface area contributed by atoms with Crippen LogP contribution in [0.5, 0.6) is 0 Å². The zero-order valence-corrected chi connectivity index (χ0v) is 13.4. The van der Waals surface area contributed by atoms with Crippen molar-refractivity contribution in [3.8, 4) is 11.1 Å². The zero-order valence-electron chi connectivity index (χ0n) is 13.4. The van der Waals surface area contributed by atoms with Crippen molar-refractivity contribution in [1.82, 2.24) is 0 Å². The molecular weight excluding hydrogens is 258 g/mol. The number of anilines is 1. The second-order valence-electron chi connectivity index (χ2n) is 6.88. The van der Waals surface area contributed by atoms with Gasteiger partial charge in [-0.05, 0) is 57.9 Å². The Balaban J connectivity index is 2.10. The van der Waals surface area contributed by atoms with E-state index in [-0.39, 0.29) is 11.3 Å². The van der Waals surface area contributed by atoms with E-state index in [9.17, 15) is 0 Å². The summed E-state index contributed by atoms with van der Waals surface area (Å²) in [6.45, 7) is 10.5. The number of rotatable bonds is 1. The maximum absolute atomic E-state index is 6.19. The van der Waals surface area contributed by atoms with Gasteiger partial charge in [0.25, 0.3) is 0 Å². The molecule has 0 spiro atoms. The Morgan fingerprint density at radius 1 is 0.905 bits per heavy atom. The van der Waals surface area contributed by atoms with Crippen LogP contribution in [0.15, 0.2) is 42.5 Å². The fourth-order valence-electron chi connectivity index (χ4n) is 3.20. The van der Waals surface area contributed by atoms with E-state index in [4.69, 9.17) is 4.74 Å². The molecule has 110 valence electrons. The maximum atomic E-state index is 6.19. The second kappa shape index (κ2) is 4.60. The summed E-state index contributed by atoms with van der Waals surface area (Å²) < 4.78 is 6.19. The molecule has 1 aliphatic heterocycles. The SMILES string of the molecule is Cc1cccc(-c2ccc3c(c2)C(C)(C)OC(C)(C)N3)c1. The first-order valence-corrected chi connectivity index (χ1v) is 7.47. The van der Waals surface area contributed by atoms with Crippen LogP contribution in [0.25, 0.3) is 11.1 Å². The molecule has 2 heteroatoms. The number of aryl methyl sites for hydroxylation is 1. The van der Waals surface area contributed by atoms with Crippen LogP contribution in [0.2, 0.25) is 0 Å². The summed E-state index contributed by atoms with van der Waals surface area (Å²) in [6, 6.07) is 15.2. The lowest BCUT2D eigenvalue weighted by Crippen LogP contribution is -2.46. The summed E-state index contributed by atoms with van der Waals surface area (Å²) in [4.78, 5) is 0. The van der Waals surface area contributed by atoms with Crippen molar-refractivity contribution in [2.24, 2.45) is 0 Å². The Labute approximate surface area is 127 Å². The monoisotopic (exact) mass is 281 g/mol. The van der Waals surface area contributed by atoms with Crippen LogP contribution in [0.1, 0.15) is 38.8 Å². The van der Waals surface area contributed by atoms with E-state index in [1.807, 2.05) is 0 Å². The van der Waals surface area contributed by atoms with Crippen molar-refractivity contribution < 1.29 is 4.74 Å². The van der Waals surface area contributed by atoms with Gasteiger partial charge >= 0.3 is 0 Å². The molecule has 0 saturated heterocycles. The summed E-state index contributed by atoms with van der Waals surface area (Å²) in [6.07, 6.45) is 0. The fourth-order valence-corrected chi connectivity index (χ4v) is 3.20. The Kier molecular flexibility index (Phi) is 3.10. The van der Waals surface area contributed by atoms with Crippen molar-refractivity contribution >= 4 is 5.69 Å². The van der Waals surface area contributed by atoms with E-state index >= 15 is 0 Å². The predicted molar refractivity (Wildman–Crippen MR) is 88.4 cm³/mol. The third kappa shape index (κ3) is 2.68. The number of ether oxygens (including phenoxy) is 1. The van der Waals surface area contributed by atoms with E-state index in [2.05, 4.69) is 82.4 Å². The smallest absolute Gasteiger partial charge is 0.134 e. The quantitative estimate of drug-likeness (QED) is 0.787. The minimum absolute atomic E-state index is 0.302. The average molecular weight is 281 g/mol. The molecule has 0 unspecified atom stereocenters. The number of hydrogen-bond acceptors (Lipinski definition) is 2. The molecule has 0 bridgehead atoms. The first kappa shape index (κ1) is 14.2. The number of benzene rings is 2. The van der Waals surface area contributed by atoms with Crippen molar-refractivity contribution in [2.75, 3.05) is 5.32 Å². The number of hydrogen-bond donors (Lipinski definition) is 1. The highest BCUT2D eigenvalue weighted by molar-refractivity contribution is 5.70. The summed E-state index contributed by atoms with van der Waals surface area (Å²) in [7, 11) is 0. The molecule has 2 aromatic carbocycles. The molecular formula is C19H23NO. The van der Waals surface area contributed by atoms with Crippen LogP contribution in [-0.4, -0.2) is 5.72 Å². The molecule has 21 heavy (non-hydrogen) atoms. The van der Waals surface area contributed by atoms with Crippen molar-refractivity contribution in [2.45, 2.75) is 45.9 Å². The molecule has 0 fully saturated rings. The van der Waals surface area contributed by atoms with Gasteiger partial charge in [-0.3, -0.25) is 0 Å². The van der Waals surface area contributed by atoms with Crippen molar-refractivity contribution in [3.05, 3.63) is 53.6 Å². The molecule has 2 nitrogen and oxygen atoms in total. The van der Waals surface area contributed by atoms with Gasteiger partial charge in [0.15, 0.2) is 0 Å². The Morgan fingerprint density at radius 3 is 2.33 bits per heavy atom. The molecule has 3 rings (SSSR count). The third-order valence-electron chi connectivity index (χ3n) is 3.97. The summed E-state index contributed by atoms with van der Waals surface area (Å²) in [5, 5.41) is 3.46. The summed E-state index contributed by atoms with van der Waals surface area (Å²) >= 11 is 0. The summed E-state index contributed by atoms with van der Waals surface area (Å²) in [5.74, 6) is 0. The molecule has 1 N–H and O–H groups in total. The minimum Gasteiger partial charge on any atom is -0.358 e. The van der Waals surface area contributed by atoms with Crippen molar-refractivity contribution in [1.29, 1.82) is 0 Å². The van der Waals surface area contributed by atoms with Crippen LogP contribution in [0, 0.1) is 6.92 Å². The standard InChI is InChI=1S/C19H23NO/c1-13-7-6-8-14(11-13)15-9-10-17-16(12-15)18(2,3)21-19(4,5)20-17/h6-12,20H,1-5H3. The molecule has 2 aromatic rings. The van der Waals surface area contributed by atoms with E-state index in [1.54, 1.807) is 0 Å². The van der Waals surface area contributed by atoms with Gasteiger partial charge in [0, 0.05) is 11.3 Å². The van der Waals surface area contributed by atoms with Gasteiger partial charge in [0.2, 0.25) is 0 Å². The Hall–Kier alpha value is -1.80. The lowest BCUT2D eigenvalue weighted by molar-refractivity contribution is -0.119. The summed E-state index contributed by atoms with van der Waals surface area (Å²) in [5.41, 5.74) is 5.48. The lowest BCUT2D eigenvalue weighted by atomic mass is 9.89.